The van der Waals surface area contributed by atoms with Crippen molar-refractivity contribution in [2.75, 3.05) is 27.3 Å². The number of piperidine rings is 1. The number of aliphatic hydroxyl groups is 1. The predicted octanol–water partition coefficient (Wildman–Crippen LogP) is 1.62. The van der Waals surface area contributed by atoms with Gasteiger partial charge in [-0.2, -0.15) is 0 Å². The van der Waals surface area contributed by atoms with Gasteiger partial charge in [0.1, 0.15) is 0 Å². The zero-order chi connectivity index (χ0) is 16.3. The van der Waals surface area contributed by atoms with Crippen LogP contribution < -0.4 is 9.47 Å². The summed E-state index contributed by atoms with van der Waals surface area (Å²) >= 11 is 6.17. The molecule has 0 unspecified atom stereocenters. The van der Waals surface area contributed by atoms with Gasteiger partial charge in [0.15, 0.2) is 11.5 Å². The number of likely N-dealkylation sites (tertiary alicyclic amines) is 1. The molecule has 2 atom stereocenters. The Morgan fingerprint density at radius 2 is 2.14 bits per heavy atom. The fourth-order valence-corrected chi connectivity index (χ4v) is 3.06. The Labute approximate surface area is 134 Å². The molecule has 0 bridgehead atoms. The first-order valence-electron chi connectivity index (χ1n) is 7.00. The fourth-order valence-electron chi connectivity index (χ4n) is 2.75. The monoisotopic (exact) mass is 329 g/mol. The number of carbonyl (C=O) groups is 1. The molecule has 1 aliphatic heterocycles. The van der Waals surface area contributed by atoms with E-state index < -0.39 is 18.0 Å². The lowest BCUT2D eigenvalue weighted by molar-refractivity contribution is -0.148. The number of nitrogens with zero attached hydrogens (tertiary/aromatic N) is 1. The van der Waals surface area contributed by atoms with Crippen LogP contribution in [-0.2, 0) is 11.3 Å². The normalized spacial score (nSPS) is 22.4. The van der Waals surface area contributed by atoms with Crippen LogP contribution >= 0.6 is 11.6 Å². The summed E-state index contributed by atoms with van der Waals surface area (Å²) in [7, 11) is 3.07. The van der Waals surface area contributed by atoms with E-state index in [4.69, 9.17) is 26.2 Å². The maximum Gasteiger partial charge on any atom is 0.309 e. The summed E-state index contributed by atoms with van der Waals surface area (Å²) in [4.78, 5) is 13.0. The van der Waals surface area contributed by atoms with Crippen molar-refractivity contribution in [3.8, 4) is 11.5 Å². The zero-order valence-electron chi connectivity index (χ0n) is 12.6. The highest BCUT2D eigenvalue weighted by Crippen LogP contribution is 2.36. The SMILES string of the molecule is COc1cc(CN2CC[C@H](C(=O)O)[C@H](O)C2)cc(Cl)c1OC. The second-order valence-corrected chi connectivity index (χ2v) is 5.76. The molecule has 0 radical (unpaired) electrons. The Bertz CT molecular complexity index is 551. The third kappa shape index (κ3) is 3.63. The number of benzene rings is 1. The minimum absolute atomic E-state index is 0.322. The molecule has 122 valence electrons. The number of aliphatic carboxylic acids is 1. The molecule has 1 aromatic rings. The third-order valence-electron chi connectivity index (χ3n) is 3.88. The van der Waals surface area contributed by atoms with Gasteiger partial charge in [-0.05, 0) is 30.7 Å². The number of aliphatic hydroxyl groups excluding tert-OH is 1. The Morgan fingerprint density at radius 3 is 2.68 bits per heavy atom. The summed E-state index contributed by atoms with van der Waals surface area (Å²) in [6.45, 7) is 1.49. The average Bonchev–Trinajstić information content (AvgIpc) is 2.46. The van der Waals surface area contributed by atoms with Gasteiger partial charge < -0.3 is 19.7 Å². The molecule has 1 fully saturated rings. The van der Waals surface area contributed by atoms with Crippen molar-refractivity contribution in [3.63, 3.8) is 0 Å². The molecule has 0 spiro atoms. The van der Waals surface area contributed by atoms with Crippen molar-refractivity contribution in [2.45, 2.75) is 19.1 Å². The molecule has 2 rings (SSSR count). The highest BCUT2D eigenvalue weighted by molar-refractivity contribution is 6.32. The highest BCUT2D eigenvalue weighted by Gasteiger charge is 2.32. The van der Waals surface area contributed by atoms with Crippen LogP contribution in [0.4, 0.5) is 0 Å². The minimum Gasteiger partial charge on any atom is -0.493 e. The number of halogens is 1. The standard InChI is InChI=1S/C15H20ClNO5/c1-21-13-6-9(5-11(16)14(13)22-2)7-17-4-3-10(15(19)20)12(18)8-17/h5-6,10,12,18H,3-4,7-8H2,1-2H3,(H,19,20)/t10-,12+/m0/s1. The molecule has 0 aliphatic carbocycles. The van der Waals surface area contributed by atoms with Crippen molar-refractivity contribution in [1.29, 1.82) is 0 Å². The predicted molar refractivity (Wildman–Crippen MR) is 81.6 cm³/mol. The van der Waals surface area contributed by atoms with Gasteiger partial charge in [-0.15, -0.1) is 0 Å². The van der Waals surface area contributed by atoms with Crippen LogP contribution in [0.5, 0.6) is 11.5 Å². The summed E-state index contributed by atoms with van der Waals surface area (Å²) in [6.07, 6.45) is -0.431. The number of carboxylic acids is 1. The van der Waals surface area contributed by atoms with Crippen LogP contribution in [0.15, 0.2) is 12.1 Å². The van der Waals surface area contributed by atoms with Gasteiger partial charge in [0, 0.05) is 13.1 Å². The van der Waals surface area contributed by atoms with E-state index in [1.807, 2.05) is 11.0 Å². The molecule has 2 N–H and O–H groups in total. The van der Waals surface area contributed by atoms with Crippen molar-refractivity contribution in [2.24, 2.45) is 5.92 Å². The van der Waals surface area contributed by atoms with Gasteiger partial charge >= 0.3 is 5.97 Å². The Balaban J connectivity index is 2.09. The second kappa shape index (κ2) is 7.17. The number of carboxylic acid groups (broad SMARTS) is 1. The van der Waals surface area contributed by atoms with Gasteiger partial charge in [-0.3, -0.25) is 9.69 Å². The van der Waals surface area contributed by atoms with E-state index in [1.165, 1.54) is 7.11 Å². The molecule has 0 saturated carbocycles. The molecule has 1 heterocycles. The maximum atomic E-state index is 11.0. The van der Waals surface area contributed by atoms with Gasteiger partial charge in [0.25, 0.3) is 0 Å². The summed E-state index contributed by atoms with van der Waals surface area (Å²) in [5.74, 6) is -0.602. The third-order valence-corrected chi connectivity index (χ3v) is 4.16. The molecule has 7 heteroatoms. The van der Waals surface area contributed by atoms with Gasteiger partial charge in [-0.1, -0.05) is 11.6 Å². The molecule has 0 amide bonds. The Hall–Kier alpha value is -1.50. The quantitative estimate of drug-likeness (QED) is 0.854. The number of ether oxygens (including phenoxy) is 2. The van der Waals surface area contributed by atoms with Gasteiger partial charge in [-0.25, -0.2) is 0 Å². The number of β-amino-alcohol motifs (C(OH)–C–C–N with tert-alkyl or cyclic N) is 1. The van der Waals surface area contributed by atoms with Crippen molar-refractivity contribution in [3.05, 3.63) is 22.7 Å². The van der Waals surface area contributed by atoms with Crippen LogP contribution in [0, 0.1) is 5.92 Å². The molecule has 1 aromatic carbocycles. The van der Waals surface area contributed by atoms with E-state index >= 15 is 0 Å². The molecule has 0 aromatic heterocycles. The lowest BCUT2D eigenvalue weighted by atomic mass is 9.94. The average molecular weight is 330 g/mol. The minimum atomic E-state index is -0.943. The second-order valence-electron chi connectivity index (χ2n) is 5.35. The summed E-state index contributed by atoms with van der Waals surface area (Å²) < 4.78 is 10.5. The molecule has 1 aliphatic rings. The number of hydrogen-bond acceptors (Lipinski definition) is 5. The van der Waals surface area contributed by atoms with Gasteiger partial charge in [0.05, 0.1) is 31.3 Å². The van der Waals surface area contributed by atoms with Crippen LogP contribution in [0.1, 0.15) is 12.0 Å². The van der Waals surface area contributed by atoms with E-state index in [2.05, 4.69) is 0 Å². The smallest absolute Gasteiger partial charge is 0.309 e. The van der Waals surface area contributed by atoms with Crippen molar-refractivity contribution in [1.82, 2.24) is 4.90 Å². The van der Waals surface area contributed by atoms with E-state index in [0.29, 0.717) is 42.6 Å². The van der Waals surface area contributed by atoms with Crippen LogP contribution in [0.3, 0.4) is 0 Å². The molecule has 6 nitrogen and oxygen atoms in total. The number of hydrogen-bond donors (Lipinski definition) is 2. The Morgan fingerprint density at radius 1 is 1.41 bits per heavy atom. The van der Waals surface area contributed by atoms with E-state index in [9.17, 15) is 9.90 Å². The summed E-state index contributed by atoms with van der Waals surface area (Å²) in [5, 5.41) is 19.4. The zero-order valence-corrected chi connectivity index (χ0v) is 13.3. The number of methoxy groups -OCH3 is 2. The first-order valence-corrected chi connectivity index (χ1v) is 7.37. The van der Waals surface area contributed by atoms with E-state index in [-0.39, 0.29) is 0 Å². The number of rotatable bonds is 5. The molecular formula is C15H20ClNO5. The Kier molecular flexibility index (Phi) is 5.50. The lowest BCUT2D eigenvalue weighted by Crippen LogP contribution is -2.46. The molecule has 1 saturated heterocycles. The van der Waals surface area contributed by atoms with E-state index in [1.54, 1.807) is 13.2 Å². The first kappa shape index (κ1) is 16.9. The van der Waals surface area contributed by atoms with Crippen molar-refractivity contribution >= 4 is 17.6 Å². The van der Waals surface area contributed by atoms with Crippen LogP contribution in [0.25, 0.3) is 0 Å². The maximum absolute atomic E-state index is 11.0. The summed E-state index contributed by atoms with van der Waals surface area (Å²) in [5.41, 5.74) is 0.920. The first-order chi connectivity index (χ1) is 10.5. The van der Waals surface area contributed by atoms with Crippen LogP contribution in [-0.4, -0.2) is 54.5 Å². The summed E-state index contributed by atoms with van der Waals surface area (Å²) in [6, 6.07) is 3.62. The van der Waals surface area contributed by atoms with Gasteiger partial charge in [0.2, 0.25) is 0 Å². The largest absolute Gasteiger partial charge is 0.493 e. The highest BCUT2D eigenvalue weighted by atomic mass is 35.5. The molecule has 22 heavy (non-hydrogen) atoms. The topological polar surface area (TPSA) is 79.2 Å². The van der Waals surface area contributed by atoms with Crippen molar-refractivity contribution < 1.29 is 24.5 Å². The lowest BCUT2D eigenvalue weighted by Gasteiger charge is -2.34. The van der Waals surface area contributed by atoms with Crippen LogP contribution in [0.2, 0.25) is 5.02 Å². The molecular weight excluding hydrogens is 310 g/mol. The fraction of sp³-hybridized carbons (Fsp3) is 0.533. The van der Waals surface area contributed by atoms with E-state index in [0.717, 1.165) is 5.56 Å².